The summed E-state index contributed by atoms with van der Waals surface area (Å²) in [5.41, 5.74) is 2.91. The van der Waals surface area contributed by atoms with Crippen LogP contribution in [0.5, 0.6) is 23.0 Å². The van der Waals surface area contributed by atoms with E-state index in [-0.39, 0.29) is 12.2 Å². The molecule has 0 bridgehead atoms. The Morgan fingerprint density at radius 1 is 0.960 bits per heavy atom. The zero-order valence-corrected chi connectivity index (χ0v) is 30.9. The lowest BCUT2D eigenvalue weighted by molar-refractivity contribution is -0.139. The maximum atomic E-state index is 14.4. The molecule has 0 aliphatic carbocycles. The maximum Gasteiger partial charge on any atom is 0.338 e. The lowest BCUT2D eigenvalue weighted by Gasteiger charge is -2.27. The van der Waals surface area contributed by atoms with Crippen LogP contribution in [0.1, 0.15) is 49.4 Å². The first kappa shape index (κ1) is 35.0. The number of hydrogen-bond acceptors (Lipinski definition) is 9. The van der Waals surface area contributed by atoms with Gasteiger partial charge in [-0.05, 0) is 87.6 Å². The number of carbonyl (C=O) groups excluding carboxylic acids is 1. The molecule has 11 heteroatoms. The van der Waals surface area contributed by atoms with E-state index in [1.54, 1.807) is 57.1 Å². The van der Waals surface area contributed by atoms with E-state index in [4.69, 9.17) is 28.7 Å². The van der Waals surface area contributed by atoms with Gasteiger partial charge in [-0.2, -0.15) is 0 Å². The van der Waals surface area contributed by atoms with Gasteiger partial charge in [-0.3, -0.25) is 9.36 Å². The van der Waals surface area contributed by atoms with Gasteiger partial charge in [-0.15, -0.1) is 0 Å². The number of fused-ring (bicyclic) bond motifs is 2. The van der Waals surface area contributed by atoms with Gasteiger partial charge in [0.25, 0.3) is 5.56 Å². The van der Waals surface area contributed by atoms with Crippen molar-refractivity contribution in [3.63, 3.8) is 0 Å². The minimum Gasteiger partial charge on any atom is -0.497 e. The Balaban J connectivity index is 1.46. The van der Waals surface area contributed by atoms with E-state index in [1.807, 2.05) is 43.3 Å². The summed E-state index contributed by atoms with van der Waals surface area (Å²) in [5, 5.41) is 2.26. The van der Waals surface area contributed by atoms with Crippen molar-refractivity contribution in [2.24, 2.45) is 4.99 Å². The number of ether oxygens (including phenoxy) is 5. The number of carbonyl (C=O) groups is 1. The molecule has 4 aromatic carbocycles. The van der Waals surface area contributed by atoms with Gasteiger partial charge in [0.05, 0.1) is 48.2 Å². The number of rotatable bonds is 12. The monoisotopic (exact) mass is 756 g/mol. The second-order valence-electron chi connectivity index (χ2n) is 11.5. The normalized spacial score (nSPS) is 14.3. The minimum absolute atomic E-state index is 0.173. The number of thiazole rings is 1. The van der Waals surface area contributed by atoms with Crippen molar-refractivity contribution in [1.82, 2.24) is 4.57 Å². The van der Waals surface area contributed by atoms with Gasteiger partial charge in [-0.25, -0.2) is 9.79 Å². The molecule has 0 saturated carbocycles. The Labute approximate surface area is 302 Å². The fourth-order valence-electron chi connectivity index (χ4n) is 6.15. The molecule has 1 aliphatic heterocycles. The minimum atomic E-state index is -0.856. The molecule has 0 amide bonds. The fraction of sp³-hybridized carbons (Fsp3) is 0.256. The highest BCUT2D eigenvalue weighted by Crippen LogP contribution is 2.40. The van der Waals surface area contributed by atoms with Crippen LogP contribution < -0.4 is 33.8 Å². The van der Waals surface area contributed by atoms with E-state index in [9.17, 15) is 9.59 Å². The van der Waals surface area contributed by atoms with Gasteiger partial charge in [0.2, 0.25) is 0 Å². The highest BCUT2D eigenvalue weighted by molar-refractivity contribution is 9.10. The van der Waals surface area contributed by atoms with Crippen molar-refractivity contribution >= 4 is 50.1 Å². The van der Waals surface area contributed by atoms with Crippen molar-refractivity contribution in [3.8, 4) is 23.0 Å². The van der Waals surface area contributed by atoms with Crippen LogP contribution >= 0.6 is 27.3 Å². The molecule has 5 aromatic rings. The van der Waals surface area contributed by atoms with E-state index in [0.29, 0.717) is 72.2 Å². The number of esters is 1. The molecule has 1 aromatic heterocycles. The summed E-state index contributed by atoms with van der Waals surface area (Å²) in [4.78, 5) is 33.3. The van der Waals surface area contributed by atoms with Gasteiger partial charge < -0.3 is 23.7 Å². The Morgan fingerprint density at radius 3 is 2.48 bits per heavy atom. The SMILES string of the molecule is CCCC1=C(C(=O)OCC)[C@H](c2cc(OC)ccc2OC)n2c(s/c(=C\c3cc(Br)c(OCc4cccc5ccccc45)c(OC)c3)c2=O)=N1. The summed E-state index contributed by atoms with van der Waals surface area (Å²) in [5.74, 6) is 1.58. The van der Waals surface area contributed by atoms with Crippen molar-refractivity contribution in [2.45, 2.75) is 39.3 Å². The number of methoxy groups -OCH3 is 3. The molecular weight excluding hydrogens is 720 g/mol. The predicted molar refractivity (Wildman–Crippen MR) is 198 cm³/mol. The van der Waals surface area contributed by atoms with Crippen LogP contribution in [0.25, 0.3) is 16.8 Å². The molecule has 6 rings (SSSR count). The van der Waals surface area contributed by atoms with E-state index in [2.05, 4.69) is 34.1 Å². The summed E-state index contributed by atoms with van der Waals surface area (Å²) >= 11 is 4.93. The van der Waals surface area contributed by atoms with Crippen LogP contribution in [0, 0.1) is 0 Å². The molecule has 2 heterocycles. The third-order valence-corrected chi connectivity index (χ3v) is 10.00. The van der Waals surface area contributed by atoms with Crippen LogP contribution in [-0.2, 0) is 16.1 Å². The fourth-order valence-corrected chi connectivity index (χ4v) is 7.75. The highest BCUT2D eigenvalue weighted by atomic mass is 79.9. The lowest BCUT2D eigenvalue weighted by atomic mass is 9.93. The number of nitrogens with zero attached hydrogens (tertiary/aromatic N) is 2. The van der Waals surface area contributed by atoms with Crippen molar-refractivity contribution in [3.05, 3.63) is 125 Å². The summed E-state index contributed by atoms with van der Waals surface area (Å²) in [6, 6.07) is 22.5. The molecule has 0 spiro atoms. The number of allylic oxidation sites excluding steroid dienone is 1. The predicted octanol–water partition coefficient (Wildman–Crippen LogP) is 7.10. The first-order valence-corrected chi connectivity index (χ1v) is 17.8. The zero-order valence-electron chi connectivity index (χ0n) is 28.4. The number of hydrogen-bond donors (Lipinski definition) is 0. The highest BCUT2D eigenvalue weighted by Gasteiger charge is 2.36. The van der Waals surface area contributed by atoms with E-state index in [1.165, 1.54) is 11.3 Å². The van der Waals surface area contributed by atoms with Crippen LogP contribution in [0.15, 0.2) is 98.3 Å². The second kappa shape index (κ2) is 15.3. The average Bonchev–Trinajstić information content (AvgIpc) is 3.43. The third kappa shape index (κ3) is 6.80. The van der Waals surface area contributed by atoms with Crippen LogP contribution in [0.3, 0.4) is 0 Å². The molecule has 0 saturated heterocycles. The molecule has 1 aliphatic rings. The van der Waals surface area contributed by atoms with Crippen molar-refractivity contribution < 1.29 is 28.5 Å². The summed E-state index contributed by atoms with van der Waals surface area (Å²) in [6.45, 7) is 4.28. The summed E-state index contributed by atoms with van der Waals surface area (Å²) in [7, 11) is 4.70. The van der Waals surface area contributed by atoms with E-state index >= 15 is 0 Å². The van der Waals surface area contributed by atoms with Crippen molar-refractivity contribution in [2.75, 3.05) is 27.9 Å². The van der Waals surface area contributed by atoms with Gasteiger partial charge in [0.15, 0.2) is 16.3 Å². The zero-order chi connectivity index (χ0) is 35.4. The molecule has 50 heavy (non-hydrogen) atoms. The molecule has 0 radical (unpaired) electrons. The number of aromatic nitrogens is 1. The van der Waals surface area contributed by atoms with Crippen molar-refractivity contribution in [1.29, 1.82) is 0 Å². The quantitative estimate of drug-likeness (QED) is 0.125. The number of halogens is 1. The second-order valence-corrected chi connectivity index (χ2v) is 13.3. The van der Waals surface area contributed by atoms with Crippen LogP contribution in [-0.4, -0.2) is 38.5 Å². The van der Waals surface area contributed by atoms with Gasteiger partial charge >= 0.3 is 5.97 Å². The van der Waals surface area contributed by atoms with Gasteiger partial charge in [-0.1, -0.05) is 67.1 Å². The Hall–Kier alpha value is -4.87. The summed E-state index contributed by atoms with van der Waals surface area (Å²) in [6.07, 6.45) is 3.05. The smallest absolute Gasteiger partial charge is 0.338 e. The topological polar surface area (TPSA) is 97.6 Å². The molecule has 0 unspecified atom stereocenters. The Kier molecular flexibility index (Phi) is 10.7. The number of benzene rings is 4. The maximum absolute atomic E-state index is 14.4. The molecule has 1 atom stereocenters. The molecule has 9 nitrogen and oxygen atoms in total. The molecular formula is C39H37BrN2O7S. The standard InChI is InChI=1S/C39H37BrN2O7S/c1-6-11-30-34(38(44)48-7-2)35(28-21-26(45-3)16-17-31(28)46-4)42-37(43)33(50-39(42)41-30)20-23-18-29(40)36(32(19-23)47-5)49-22-25-14-10-13-24-12-8-9-15-27(24)25/h8-10,12-21,35H,6-7,11,22H2,1-5H3/b33-20-/t35-/m0/s1. The Bertz CT molecular complexity index is 2290. The lowest BCUT2D eigenvalue weighted by Crippen LogP contribution is -2.40. The summed E-state index contributed by atoms with van der Waals surface area (Å²) < 4.78 is 31.5. The Morgan fingerprint density at radius 2 is 1.74 bits per heavy atom. The first-order chi connectivity index (χ1) is 24.3. The molecule has 258 valence electrons. The van der Waals surface area contributed by atoms with Crippen LogP contribution in [0.2, 0.25) is 0 Å². The van der Waals surface area contributed by atoms with Gasteiger partial charge in [0.1, 0.15) is 24.1 Å². The van der Waals surface area contributed by atoms with E-state index in [0.717, 1.165) is 22.8 Å². The van der Waals surface area contributed by atoms with Gasteiger partial charge in [0, 0.05) is 5.56 Å². The average molecular weight is 758 g/mol. The largest absolute Gasteiger partial charge is 0.497 e. The van der Waals surface area contributed by atoms with Crippen LogP contribution in [0.4, 0.5) is 0 Å². The molecule has 0 fully saturated rings. The van der Waals surface area contributed by atoms with E-state index < -0.39 is 12.0 Å². The third-order valence-electron chi connectivity index (χ3n) is 8.43. The first-order valence-electron chi connectivity index (χ1n) is 16.2. The molecule has 0 N–H and O–H groups in total.